The minimum Gasteiger partial charge on any atom is -0.366 e. The molecule has 0 spiro atoms. The zero-order valence-corrected chi connectivity index (χ0v) is 10.5. The number of thioether (sulfide) groups is 1. The standard InChI is InChI=1S/C12H15N3OS/c1-8-6-14-12(17-7-8)15-10-4-2-3-9(5-10)11(13)16/h2-5,8H,6-7H2,1H3,(H2,13,16)(H,14,15). The minimum atomic E-state index is -0.416. The van der Waals surface area contributed by atoms with Crippen molar-refractivity contribution in [3.63, 3.8) is 0 Å². The highest BCUT2D eigenvalue weighted by atomic mass is 32.2. The van der Waals surface area contributed by atoms with Crippen LogP contribution in [-0.4, -0.2) is 23.4 Å². The SMILES string of the molecule is CC1CN=C(Nc2cccc(C(N)=O)c2)SC1. The lowest BCUT2D eigenvalue weighted by Gasteiger charge is -2.18. The predicted octanol–water partition coefficient (Wildman–Crippen LogP) is 1.94. The maximum Gasteiger partial charge on any atom is 0.248 e. The summed E-state index contributed by atoms with van der Waals surface area (Å²) in [5.41, 5.74) is 6.59. The van der Waals surface area contributed by atoms with Crippen LogP contribution in [0.25, 0.3) is 0 Å². The fourth-order valence-corrected chi connectivity index (χ4v) is 2.41. The number of nitrogens with one attached hydrogen (secondary N) is 1. The number of hydrogen-bond donors (Lipinski definition) is 2. The molecule has 17 heavy (non-hydrogen) atoms. The number of benzene rings is 1. The van der Waals surface area contributed by atoms with Crippen LogP contribution in [0.1, 0.15) is 17.3 Å². The third kappa shape index (κ3) is 3.23. The summed E-state index contributed by atoms with van der Waals surface area (Å²) in [5, 5.41) is 4.11. The van der Waals surface area contributed by atoms with Gasteiger partial charge in [-0.15, -0.1) is 0 Å². The molecular formula is C12H15N3OS. The number of nitrogens with zero attached hydrogens (tertiary/aromatic N) is 1. The molecule has 0 radical (unpaired) electrons. The first-order valence-corrected chi connectivity index (χ1v) is 6.48. The number of amidine groups is 1. The molecule has 0 aromatic heterocycles. The van der Waals surface area contributed by atoms with E-state index in [-0.39, 0.29) is 0 Å². The lowest BCUT2D eigenvalue weighted by Crippen LogP contribution is -2.19. The molecule has 1 heterocycles. The van der Waals surface area contributed by atoms with Crippen LogP contribution in [-0.2, 0) is 0 Å². The second-order valence-electron chi connectivity index (χ2n) is 4.13. The van der Waals surface area contributed by atoms with Crippen LogP contribution in [0.4, 0.5) is 5.69 Å². The van der Waals surface area contributed by atoms with Gasteiger partial charge in [-0.2, -0.15) is 0 Å². The zero-order valence-electron chi connectivity index (χ0n) is 9.64. The van der Waals surface area contributed by atoms with E-state index in [0.717, 1.165) is 23.2 Å². The van der Waals surface area contributed by atoms with E-state index in [1.807, 2.05) is 6.07 Å². The van der Waals surface area contributed by atoms with Gasteiger partial charge in [0.1, 0.15) is 0 Å². The lowest BCUT2D eigenvalue weighted by molar-refractivity contribution is 0.100. The Hall–Kier alpha value is -1.49. The first-order chi connectivity index (χ1) is 8.15. The van der Waals surface area contributed by atoms with E-state index in [2.05, 4.69) is 17.2 Å². The van der Waals surface area contributed by atoms with Crippen LogP contribution in [0.3, 0.4) is 0 Å². The van der Waals surface area contributed by atoms with Crippen molar-refractivity contribution >= 4 is 28.5 Å². The highest BCUT2D eigenvalue weighted by molar-refractivity contribution is 8.14. The van der Waals surface area contributed by atoms with Gasteiger partial charge in [0.05, 0.1) is 0 Å². The molecule has 1 aliphatic rings. The molecule has 4 nitrogen and oxygen atoms in total. The number of hydrogen-bond acceptors (Lipinski definition) is 4. The van der Waals surface area contributed by atoms with Crippen molar-refractivity contribution < 1.29 is 4.79 Å². The highest BCUT2D eigenvalue weighted by Crippen LogP contribution is 2.19. The third-order valence-electron chi connectivity index (χ3n) is 2.45. The van der Waals surface area contributed by atoms with Gasteiger partial charge in [-0.25, -0.2) is 0 Å². The largest absolute Gasteiger partial charge is 0.366 e. The Morgan fingerprint density at radius 1 is 1.59 bits per heavy atom. The van der Waals surface area contributed by atoms with E-state index in [0.29, 0.717) is 11.5 Å². The van der Waals surface area contributed by atoms with Gasteiger partial charge < -0.3 is 11.1 Å². The smallest absolute Gasteiger partial charge is 0.248 e. The zero-order chi connectivity index (χ0) is 12.3. The number of carbonyl (C=O) groups excluding carboxylic acids is 1. The Labute approximate surface area is 105 Å². The van der Waals surface area contributed by atoms with E-state index in [1.54, 1.807) is 30.0 Å². The van der Waals surface area contributed by atoms with Crippen molar-refractivity contribution in [2.45, 2.75) is 6.92 Å². The quantitative estimate of drug-likeness (QED) is 0.841. The summed E-state index contributed by atoms with van der Waals surface area (Å²) in [7, 11) is 0. The van der Waals surface area contributed by atoms with Crippen molar-refractivity contribution in [2.24, 2.45) is 16.6 Å². The van der Waals surface area contributed by atoms with Crippen LogP contribution in [0.5, 0.6) is 0 Å². The molecule has 2 rings (SSSR count). The van der Waals surface area contributed by atoms with Crippen molar-refractivity contribution in [3.05, 3.63) is 29.8 Å². The molecule has 0 fully saturated rings. The van der Waals surface area contributed by atoms with E-state index >= 15 is 0 Å². The highest BCUT2D eigenvalue weighted by Gasteiger charge is 2.12. The first-order valence-electron chi connectivity index (χ1n) is 5.49. The van der Waals surface area contributed by atoms with Gasteiger partial charge >= 0.3 is 0 Å². The second-order valence-corrected chi connectivity index (χ2v) is 5.14. The molecule has 1 amide bonds. The molecule has 1 aromatic carbocycles. The minimum absolute atomic E-state index is 0.416. The number of anilines is 1. The number of amides is 1. The van der Waals surface area contributed by atoms with Crippen molar-refractivity contribution in [1.29, 1.82) is 0 Å². The molecule has 0 aliphatic carbocycles. The summed E-state index contributed by atoms with van der Waals surface area (Å²) in [4.78, 5) is 15.5. The summed E-state index contributed by atoms with van der Waals surface area (Å²) >= 11 is 1.70. The predicted molar refractivity (Wildman–Crippen MR) is 72.5 cm³/mol. The molecule has 5 heteroatoms. The molecule has 0 saturated carbocycles. The first kappa shape index (κ1) is 12.0. The van der Waals surface area contributed by atoms with E-state index < -0.39 is 5.91 Å². The summed E-state index contributed by atoms with van der Waals surface area (Å²) in [6.07, 6.45) is 0. The van der Waals surface area contributed by atoms with Gasteiger partial charge in [-0.1, -0.05) is 24.8 Å². The van der Waals surface area contributed by atoms with Crippen LogP contribution < -0.4 is 11.1 Å². The number of rotatable bonds is 2. The Morgan fingerprint density at radius 3 is 3.06 bits per heavy atom. The molecule has 1 aliphatic heterocycles. The van der Waals surface area contributed by atoms with Gasteiger partial charge in [0, 0.05) is 23.5 Å². The number of aliphatic imine (C=N–C) groups is 1. The fourth-order valence-electron chi connectivity index (χ4n) is 1.51. The Bertz CT molecular complexity index is 459. The van der Waals surface area contributed by atoms with Gasteiger partial charge in [0.2, 0.25) is 5.91 Å². The second kappa shape index (κ2) is 5.23. The number of nitrogens with two attached hydrogens (primary N) is 1. The van der Waals surface area contributed by atoms with E-state index in [9.17, 15) is 4.79 Å². The van der Waals surface area contributed by atoms with Crippen molar-refractivity contribution in [1.82, 2.24) is 0 Å². The lowest BCUT2D eigenvalue weighted by atomic mass is 10.2. The Balaban J connectivity index is 2.08. The van der Waals surface area contributed by atoms with Crippen LogP contribution in [0.2, 0.25) is 0 Å². The van der Waals surface area contributed by atoms with Crippen LogP contribution in [0, 0.1) is 5.92 Å². The van der Waals surface area contributed by atoms with Crippen LogP contribution in [0.15, 0.2) is 29.3 Å². The average molecular weight is 249 g/mol. The maximum absolute atomic E-state index is 11.0. The summed E-state index contributed by atoms with van der Waals surface area (Å²) in [6, 6.07) is 7.14. The van der Waals surface area contributed by atoms with E-state index in [4.69, 9.17) is 5.73 Å². The molecule has 0 bridgehead atoms. The molecule has 1 unspecified atom stereocenters. The fraction of sp³-hybridized carbons (Fsp3) is 0.333. The van der Waals surface area contributed by atoms with Gasteiger partial charge in [-0.05, 0) is 24.1 Å². The monoisotopic (exact) mass is 249 g/mol. The van der Waals surface area contributed by atoms with E-state index in [1.165, 1.54) is 0 Å². The topological polar surface area (TPSA) is 67.5 Å². The van der Waals surface area contributed by atoms with Crippen LogP contribution >= 0.6 is 11.8 Å². The molecule has 0 saturated heterocycles. The van der Waals surface area contributed by atoms with Crippen molar-refractivity contribution in [3.8, 4) is 0 Å². The number of primary amides is 1. The maximum atomic E-state index is 11.0. The normalized spacial score (nSPS) is 19.6. The molecular weight excluding hydrogens is 234 g/mol. The van der Waals surface area contributed by atoms with Crippen molar-refractivity contribution in [2.75, 3.05) is 17.6 Å². The Kier molecular flexibility index (Phi) is 3.68. The van der Waals surface area contributed by atoms with Gasteiger partial charge in [-0.3, -0.25) is 9.79 Å². The molecule has 1 aromatic rings. The third-order valence-corrected chi connectivity index (χ3v) is 3.69. The average Bonchev–Trinajstić information content (AvgIpc) is 2.32. The van der Waals surface area contributed by atoms with Gasteiger partial charge in [0.15, 0.2) is 5.17 Å². The summed E-state index contributed by atoms with van der Waals surface area (Å²) in [6.45, 7) is 3.03. The summed E-state index contributed by atoms with van der Waals surface area (Å²) in [5.74, 6) is 1.28. The summed E-state index contributed by atoms with van der Waals surface area (Å²) < 4.78 is 0. The number of carbonyl (C=O) groups is 1. The Morgan fingerprint density at radius 2 is 2.41 bits per heavy atom. The molecule has 1 atom stereocenters. The molecule has 3 N–H and O–H groups in total. The molecule has 90 valence electrons. The van der Waals surface area contributed by atoms with Gasteiger partial charge in [0.25, 0.3) is 0 Å².